The molecule has 0 aliphatic carbocycles. The van der Waals surface area contributed by atoms with E-state index >= 15 is 0 Å². The number of anilines is 1. The largest absolute Gasteiger partial charge is 0.460 e. The van der Waals surface area contributed by atoms with Crippen molar-refractivity contribution in [2.45, 2.75) is 50.6 Å². The Labute approximate surface area is 181 Å². The number of piperidine rings is 1. The van der Waals surface area contributed by atoms with Gasteiger partial charge in [-0.05, 0) is 62.6 Å². The minimum absolute atomic E-state index is 0.488. The molecular weight excluding hydrogens is 388 g/mol. The molecule has 2 aromatic heterocycles. The van der Waals surface area contributed by atoms with Gasteiger partial charge in [-0.15, -0.1) is 0 Å². The Bertz CT molecular complexity index is 1250. The molecule has 3 fully saturated rings. The van der Waals surface area contributed by atoms with Crippen molar-refractivity contribution in [3.05, 3.63) is 59.5 Å². The highest BCUT2D eigenvalue weighted by Gasteiger charge is 2.62. The number of aromatic nitrogens is 2. The van der Waals surface area contributed by atoms with E-state index in [1.54, 1.807) is 0 Å². The summed E-state index contributed by atoms with van der Waals surface area (Å²) >= 11 is 0. The van der Waals surface area contributed by atoms with Gasteiger partial charge in [-0.2, -0.15) is 0 Å². The zero-order chi connectivity index (χ0) is 20.9. The van der Waals surface area contributed by atoms with Crippen LogP contribution in [0.25, 0.3) is 17.3 Å². The van der Waals surface area contributed by atoms with E-state index in [0.29, 0.717) is 23.2 Å². The van der Waals surface area contributed by atoms with Gasteiger partial charge in [0.1, 0.15) is 11.4 Å². The van der Waals surface area contributed by atoms with Crippen LogP contribution >= 0.6 is 0 Å². The number of aliphatic hydroxyl groups is 1. The average molecular weight is 415 g/mol. The van der Waals surface area contributed by atoms with Crippen LogP contribution < -0.4 is 9.64 Å². The Morgan fingerprint density at radius 1 is 1.13 bits per heavy atom. The molecule has 31 heavy (non-hydrogen) atoms. The van der Waals surface area contributed by atoms with Gasteiger partial charge in [0.15, 0.2) is 0 Å². The van der Waals surface area contributed by atoms with Crippen molar-refractivity contribution in [3.63, 3.8) is 0 Å². The molecule has 6 nitrogen and oxygen atoms in total. The van der Waals surface area contributed by atoms with Crippen molar-refractivity contribution in [2.24, 2.45) is 0 Å². The summed E-state index contributed by atoms with van der Waals surface area (Å²) < 4.78 is 7.94. The Balaban J connectivity index is 1.19. The number of benzene rings is 1. The SMILES string of the molecule is Cc1ccn2cc(C3=Cc4ccc(N5CC6CC7(C)CC(C5)N67)cc4OC3O)nc2c1. The number of ether oxygens (including phenoxy) is 1. The second-order valence-corrected chi connectivity index (χ2v) is 9.91. The van der Waals surface area contributed by atoms with Gasteiger partial charge < -0.3 is 19.1 Å². The summed E-state index contributed by atoms with van der Waals surface area (Å²) in [6.07, 6.45) is 7.53. The number of aliphatic hydroxyl groups excluding tert-OH is 1. The maximum Gasteiger partial charge on any atom is 0.226 e. The van der Waals surface area contributed by atoms with Crippen LogP contribution in [-0.2, 0) is 0 Å². The van der Waals surface area contributed by atoms with E-state index in [4.69, 9.17) is 9.72 Å². The molecule has 3 saturated heterocycles. The molecular formula is C25H26N4O2. The summed E-state index contributed by atoms with van der Waals surface area (Å²) in [5.74, 6) is 0.739. The van der Waals surface area contributed by atoms with Crippen molar-refractivity contribution in [3.8, 4) is 5.75 Å². The van der Waals surface area contributed by atoms with Crippen LogP contribution in [0.1, 0.15) is 36.6 Å². The number of aryl methyl sites for hydroxylation is 1. The predicted molar refractivity (Wildman–Crippen MR) is 120 cm³/mol. The zero-order valence-corrected chi connectivity index (χ0v) is 17.8. The lowest BCUT2D eigenvalue weighted by Gasteiger charge is -2.73. The highest BCUT2D eigenvalue weighted by Crippen LogP contribution is 2.54. The topological polar surface area (TPSA) is 53.2 Å². The predicted octanol–water partition coefficient (Wildman–Crippen LogP) is 3.32. The lowest BCUT2D eigenvalue weighted by molar-refractivity contribution is -0.194. The van der Waals surface area contributed by atoms with Crippen LogP contribution in [0.5, 0.6) is 5.75 Å². The lowest BCUT2D eigenvalue weighted by Crippen LogP contribution is -2.83. The van der Waals surface area contributed by atoms with Gasteiger partial charge in [-0.3, -0.25) is 4.90 Å². The lowest BCUT2D eigenvalue weighted by atomic mass is 9.64. The monoisotopic (exact) mass is 414 g/mol. The second-order valence-electron chi connectivity index (χ2n) is 9.91. The third-order valence-corrected chi connectivity index (χ3v) is 7.71. The fourth-order valence-corrected chi connectivity index (χ4v) is 6.35. The zero-order valence-electron chi connectivity index (χ0n) is 17.8. The number of pyridine rings is 1. The van der Waals surface area contributed by atoms with Gasteiger partial charge in [0, 0.05) is 66.0 Å². The molecule has 4 aliphatic rings. The Morgan fingerprint density at radius 2 is 1.94 bits per heavy atom. The fourth-order valence-electron chi connectivity index (χ4n) is 6.35. The molecule has 3 aromatic rings. The highest BCUT2D eigenvalue weighted by molar-refractivity contribution is 5.86. The van der Waals surface area contributed by atoms with E-state index in [1.165, 1.54) is 18.5 Å². The molecule has 0 radical (unpaired) electrons. The molecule has 4 aliphatic heterocycles. The first-order valence-corrected chi connectivity index (χ1v) is 11.2. The summed E-state index contributed by atoms with van der Waals surface area (Å²) in [5.41, 5.74) is 6.11. The van der Waals surface area contributed by atoms with Crippen LogP contribution in [0.4, 0.5) is 5.69 Å². The van der Waals surface area contributed by atoms with E-state index in [9.17, 15) is 5.11 Å². The third-order valence-electron chi connectivity index (χ3n) is 7.71. The maximum absolute atomic E-state index is 10.8. The first kappa shape index (κ1) is 17.8. The molecule has 1 N–H and O–H groups in total. The van der Waals surface area contributed by atoms with Crippen LogP contribution in [0, 0.1) is 6.92 Å². The highest BCUT2D eigenvalue weighted by atomic mass is 16.6. The Kier molecular flexibility index (Phi) is 3.39. The first-order valence-electron chi connectivity index (χ1n) is 11.2. The molecule has 0 spiro atoms. The van der Waals surface area contributed by atoms with E-state index < -0.39 is 6.29 Å². The van der Waals surface area contributed by atoms with Gasteiger partial charge in [0.05, 0.1) is 5.69 Å². The summed E-state index contributed by atoms with van der Waals surface area (Å²) in [4.78, 5) is 9.90. The Hall–Kier alpha value is -2.83. The number of piperazine rings is 1. The number of nitrogens with zero attached hydrogens (tertiary/aromatic N) is 4. The smallest absolute Gasteiger partial charge is 0.226 e. The fraction of sp³-hybridized carbons (Fsp3) is 0.400. The van der Waals surface area contributed by atoms with Crippen molar-refractivity contribution in [1.82, 2.24) is 14.3 Å². The standard InChI is InChI=1S/C25H26N4O2/c1-15-5-6-27-14-21(26-23(27)7-15)20-8-16-3-4-17(9-22(16)31-24(20)30)28-12-18-10-25(2)11-19(13-28)29(18)25/h3-9,14,18-19,24,30H,10-13H2,1-2H3. The molecule has 0 amide bonds. The molecule has 1 aromatic carbocycles. The molecule has 0 saturated carbocycles. The number of rotatable bonds is 2. The van der Waals surface area contributed by atoms with Crippen molar-refractivity contribution in [1.29, 1.82) is 0 Å². The number of hydrogen-bond acceptors (Lipinski definition) is 5. The summed E-state index contributed by atoms with van der Waals surface area (Å²) in [6, 6.07) is 11.8. The van der Waals surface area contributed by atoms with Crippen LogP contribution in [-0.4, -0.2) is 56.4 Å². The molecule has 0 bridgehead atoms. The van der Waals surface area contributed by atoms with E-state index in [-0.39, 0.29) is 0 Å². The number of imidazole rings is 1. The summed E-state index contributed by atoms with van der Waals surface area (Å²) in [7, 11) is 0. The normalized spacial score (nSPS) is 31.3. The summed E-state index contributed by atoms with van der Waals surface area (Å²) in [5, 5.41) is 10.8. The number of fused-ring (bicyclic) bond motifs is 2. The van der Waals surface area contributed by atoms with Gasteiger partial charge in [-0.25, -0.2) is 4.98 Å². The minimum atomic E-state index is -1.02. The molecule has 3 unspecified atom stereocenters. The number of hydrogen-bond donors (Lipinski definition) is 1. The van der Waals surface area contributed by atoms with E-state index in [2.05, 4.69) is 41.8 Å². The van der Waals surface area contributed by atoms with Gasteiger partial charge >= 0.3 is 0 Å². The second kappa shape index (κ2) is 5.90. The van der Waals surface area contributed by atoms with E-state index in [0.717, 1.165) is 41.3 Å². The average Bonchev–Trinajstić information content (AvgIpc) is 3.13. The van der Waals surface area contributed by atoms with Gasteiger partial charge in [0.2, 0.25) is 6.29 Å². The van der Waals surface area contributed by atoms with Crippen LogP contribution in [0.2, 0.25) is 0 Å². The quantitative estimate of drug-likeness (QED) is 0.697. The van der Waals surface area contributed by atoms with Gasteiger partial charge in [0.25, 0.3) is 0 Å². The molecule has 6 heteroatoms. The third kappa shape index (κ3) is 2.49. The van der Waals surface area contributed by atoms with Crippen molar-refractivity contribution < 1.29 is 9.84 Å². The van der Waals surface area contributed by atoms with Crippen LogP contribution in [0.15, 0.2) is 42.7 Å². The molecule has 6 heterocycles. The Morgan fingerprint density at radius 3 is 2.71 bits per heavy atom. The summed E-state index contributed by atoms with van der Waals surface area (Å²) in [6.45, 7) is 6.61. The van der Waals surface area contributed by atoms with Gasteiger partial charge in [-0.1, -0.05) is 0 Å². The maximum atomic E-state index is 10.8. The molecule has 158 valence electrons. The molecule has 3 atom stereocenters. The molecule has 7 rings (SSSR count). The minimum Gasteiger partial charge on any atom is -0.460 e. The van der Waals surface area contributed by atoms with Crippen molar-refractivity contribution >= 4 is 23.0 Å². The first-order chi connectivity index (χ1) is 15.0. The van der Waals surface area contributed by atoms with Crippen LogP contribution in [0.3, 0.4) is 0 Å². The van der Waals surface area contributed by atoms with E-state index in [1.807, 2.05) is 35.0 Å². The van der Waals surface area contributed by atoms with Crippen molar-refractivity contribution in [2.75, 3.05) is 18.0 Å².